The van der Waals surface area contributed by atoms with Crippen LogP contribution in [0.4, 0.5) is 0 Å². The molecule has 0 aliphatic heterocycles. The molecule has 18 heavy (non-hydrogen) atoms. The second-order valence-corrected chi connectivity index (χ2v) is 5.10. The molecule has 1 nitrogen and oxygen atoms in total. The Balaban J connectivity index is 2.36. The van der Waals surface area contributed by atoms with Gasteiger partial charge in [-0.15, -0.1) is 0 Å². The first-order valence-electron chi connectivity index (χ1n) is 6.98. The van der Waals surface area contributed by atoms with Crippen molar-refractivity contribution in [2.45, 2.75) is 39.5 Å². The average Bonchev–Trinajstić information content (AvgIpc) is 2.43. The zero-order valence-electron chi connectivity index (χ0n) is 11.3. The van der Waals surface area contributed by atoms with Crippen LogP contribution >= 0.6 is 0 Å². The van der Waals surface area contributed by atoms with Gasteiger partial charge in [0.15, 0.2) is 0 Å². The number of hydrogen-bond donors (Lipinski definition) is 0. The standard InChI is InChI=1S/C17H20O/c1-3-18-17-15-10-6-4-8-13(15)12(2)14-9-5-7-11-16(14)17/h4,6,8,10H,3,5,7,9,11H2,1-2H3. The van der Waals surface area contributed by atoms with Crippen LogP contribution in [-0.4, -0.2) is 6.61 Å². The Morgan fingerprint density at radius 3 is 2.39 bits per heavy atom. The fraction of sp³-hybridized carbons (Fsp3) is 0.412. The molecule has 0 aromatic heterocycles. The van der Waals surface area contributed by atoms with E-state index in [1.807, 2.05) is 0 Å². The molecule has 0 atom stereocenters. The van der Waals surface area contributed by atoms with Crippen molar-refractivity contribution < 1.29 is 4.74 Å². The molecule has 0 heterocycles. The molecule has 0 fully saturated rings. The van der Waals surface area contributed by atoms with Gasteiger partial charge in [0.05, 0.1) is 6.61 Å². The maximum atomic E-state index is 5.97. The van der Waals surface area contributed by atoms with Gasteiger partial charge in [-0.05, 0) is 61.6 Å². The minimum atomic E-state index is 0.749. The van der Waals surface area contributed by atoms with Gasteiger partial charge in [-0.1, -0.05) is 24.3 Å². The Hall–Kier alpha value is -1.50. The van der Waals surface area contributed by atoms with Crippen molar-refractivity contribution in [2.75, 3.05) is 6.61 Å². The molecule has 0 bridgehead atoms. The van der Waals surface area contributed by atoms with E-state index in [0.29, 0.717) is 0 Å². The molecule has 0 saturated heterocycles. The summed E-state index contributed by atoms with van der Waals surface area (Å²) in [6.45, 7) is 5.09. The Morgan fingerprint density at radius 1 is 1.00 bits per heavy atom. The Bertz CT molecular complexity index is 584. The number of hydrogen-bond acceptors (Lipinski definition) is 1. The Morgan fingerprint density at radius 2 is 1.67 bits per heavy atom. The van der Waals surface area contributed by atoms with E-state index in [-0.39, 0.29) is 0 Å². The van der Waals surface area contributed by atoms with Gasteiger partial charge in [0.1, 0.15) is 5.75 Å². The summed E-state index contributed by atoms with van der Waals surface area (Å²) in [6, 6.07) is 8.66. The van der Waals surface area contributed by atoms with Gasteiger partial charge < -0.3 is 4.74 Å². The number of fused-ring (bicyclic) bond motifs is 2. The first-order valence-corrected chi connectivity index (χ1v) is 6.98. The zero-order valence-corrected chi connectivity index (χ0v) is 11.3. The molecular formula is C17H20O. The molecular weight excluding hydrogens is 220 g/mol. The minimum Gasteiger partial charge on any atom is -0.493 e. The van der Waals surface area contributed by atoms with E-state index in [2.05, 4.69) is 38.1 Å². The fourth-order valence-electron chi connectivity index (χ4n) is 3.21. The van der Waals surface area contributed by atoms with Crippen LogP contribution in [0.2, 0.25) is 0 Å². The fourth-order valence-corrected chi connectivity index (χ4v) is 3.21. The first-order chi connectivity index (χ1) is 8.83. The van der Waals surface area contributed by atoms with Gasteiger partial charge in [0.25, 0.3) is 0 Å². The monoisotopic (exact) mass is 240 g/mol. The Kier molecular flexibility index (Phi) is 2.99. The highest BCUT2D eigenvalue weighted by atomic mass is 16.5. The molecule has 3 rings (SSSR count). The zero-order chi connectivity index (χ0) is 12.5. The molecule has 2 aromatic rings. The lowest BCUT2D eigenvalue weighted by Crippen LogP contribution is -2.09. The number of aryl methyl sites for hydroxylation is 1. The van der Waals surface area contributed by atoms with E-state index >= 15 is 0 Å². The van der Waals surface area contributed by atoms with Crippen molar-refractivity contribution in [3.05, 3.63) is 41.0 Å². The third-order valence-electron chi connectivity index (χ3n) is 4.06. The van der Waals surface area contributed by atoms with Crippen LogP contribution in [0.3, 0.4) is 0 Å². The third kappa shape index (κ3) is 1.69. The van der Waals surface area contributed by atoms with Crippen LogP contribution < -0.4 is 4.74 Å². The second-order valence-electron chi connectivity index (χ2n) is 5.10. The quantitative estimate of drug-likeness (QED) is 0.754. The first kappa shape index (κ1) is 11.6. The maximum absolute atomic E-state index is 5.97. The van der Waals surface area contributed by atoms with E-state index in [9.17, 15) is 0 Å². The van der Waals surface area contributed by atoms with Crippen LogP contribution in [0.15, 0.2) is 24.3 Å². The van der Waals surface area contributed by atoms with Crippen LogP contribution in [0.5, 0.6) is 5.75 Å². The lowest BCUT2D eigenvalue weighted by molar-refractivity contribution is 0.339. The van der Waals surface area contributed by atoms with Crippen molar-refractivity contribution in [1.82, 2.24) is 0 Å². The summed E-state index contributed by atoms with van der Waals surface area (Å²) in [4.78, 5) is 0. The molecule has 1 aliphatic rings. The van der Waals surface area contributed by atoms with E-state index in [1.165, 1.54) is 47.6 Å². The van der Waals surface area contributed by atoms with Crippen molar-refractivity contribution in [3.8, 4) is 5.75 Å². The summed E-state index contributed by atoms with van der Waals surface area (Å²) in [5, 5.41) is 2.65. The molecule has 0 unspecified atom stereocenters. The molecule has 0 spiro atoms. The van der Waals surface area contributed by atoms with Crippen molar-refractivity contribution in [2.24, 2.45) is 0 Å². The predicted molar refractivity (Wildman–Crippen MR) is 76.5 cm³/mol. The Labute approximate surface area is 109 Å². The minimum absolute atomic E-state index is 0.749. The number of ether oxygens (including phenoxy) is 1. The lowest BCUT2D eigenvalue weighted by atomic mass is 9.84. The molecule has 1 aliphatic carbocycles. The molecule has 1 heteroatoms. The average molecular weight is 240 g/mol. The number of benzene rings is 2. The van der Waals surface area contributed by atoms with Gasteiger partial charge in [0, 0.05) is 5.39 Å². The van der Waals surface area contributed by atoms with E-state index in [4.69, 9.17) is 4.74 Å². The summed E-state index contributed by atoms with van der Waals surface area (Å²) >= 11 is 0. The summed E-state index contributed by atoms with van der Waals surface area (Å²) in [5.74, 6) is 1.15. The smallest absolute Gasteiger partial charge is 0.130 e. The van der Waals surface area contributed by atoms with Gasteiger partial charge in [-0.2, -0.15) is 0 Å². The summed E-state index contributed by atoms with van der Waals surface area (Å²) in [6.07, 6.45) is 5.00. The van der Waals surface area contributed by atoms with Gasteiger partial charge in [-0.25, -0.2) is 0 Å². The van der Waals surface area contributed by atoms with E-state index in [0.717, 1.165) is 12.4 Å². The van der Waals surface area contributed by atoms with E-state index in [1.54, 1.807) is 5.56 Å². The van der Waals surface area contributed by atoms with Crippen molar-refractivity contribution >= 4 is 10.8 Å². The largest absolute Gasteiger partial charge is 0.493 e. The normalized spacial score (nSPS) is 14.6. The molecule has 0 N–H and O–H groups in total. The van der Waals surface area contributed by atoms with Crippen molar-refractivity contribution in [3.63, 3.8) is 0 Å². The van der Waals surface area contributed by atoms with Crippen LogP contribution in [-0.2, 0) is 12.8 Å². The molecule has 0 radical (unpaired) electrons. The van der Waals surface area contributed by atoms with Gasteiger partial charge in [0.2, 0.25) is 0 Å². The highest BCUT2D eigenvalue weighted by molar-refractivity contribution is 5.93. The molecule has 94 valence electrons. The summed E-state index contributed by atoms with van der Waals surface area (Å²) in [7, 11) is 0. The third-order valence-corrected chi connectivity index (χ3v) is 4.06. The molecule has 0 saturated carbocycles. The van der Waals surface area contributed by atoms with Gasteiger partial charge in [-0.3, -0.25) is 0 Å². The van der Waals surface area contributed by atoms with Crippen LogP contribution in [0.25, 0.3) is 10.8 Å². The van der Waals surface area contributed by atoms with Crippen molar-refractivity contribution in [1.29, 1.82) is 0 Å². The molecule has 2 aromatic carbocycles. The topological polar surface area (TPSA) is 9.23 Å². The van der Waals surface area contributed by atoms with Crippen LogP contribution in [0.1, 0.15) is 36.5 Å². The van der Waals surface area contributed by atoms with Crippen LogP contribution in [0, 0.1) is 6.92 Å². The van der Waals surface area contributed by atoms with E-state index < -0.39 is 0 Å². The predicted octanol–water partition coefficient (Wildman–Crippen LogP) is 4.43. The maximum Gasteiger partial charge on any atom is 0.130 e. The SMILES string of the molecule is CCOc1c2c(c(C)c3ccccc13)CCCC2. The highest BCUT2D eigenvalue weighted by Gasteiger charge is 2.20. The molecule has 0 amide bonds. The van der Waals surface area contributed by atoms with Gasteiger partial charge >= 0.3 is 0 Å². The summed E-state index contributed by atoms with van der Waals surface area (Å²) in [5.41, 5.74) is 4.48. The second kappa shape index (κ2) is 4.64. The summed E-state index contributed by atoms with van der Waals surface area (Å²) < 4.78 is 5.97. The highest BCUT2D eigenvalue weighted by Crippen LogP contribution is 2.39. The lowest BCUT2D eigenvalue weighted by Gasteiger charge is -2.24. The number of rotatable bonds is 2.